The van der Waals surface area contributed by atoms with Gasteiger partial charge in [0.25, 0.3) is 5.56 Å². The minimum atomic E-state index is -0.443. The first-order chi connectivity index (χ1) is 15.9. The van der Waals surface area contributed by atoms with E-state index < -0.39 is 11.2 Å². The molecule has 3 aromatic rings. The fourth-order valence-corrected chi connectivity index (χ4v) is 5.07. The second-order valence-corrected chi connectivity index (χ2v) is 9.48. The summed E-state index contributed by atoms with van der Waals surface area (Å²) < 4.78 is 2.45. The van der Waals surface area contributed by atoms with Gasteiger partial charge in [-0.25, -0.2) is 14.8 Å². The van der Waals surface area contributed by atoms with Gasteiger partial charge in [0.05, 0.1) is 5.75 Å². The predicted molar refractivity (Wildman–Crippen MR) is 131 cm³/mol. The highest BCUT2D eigenvalue weighted by Crippen LogP contribution is 2.33. The van der Waals surface area contributed by atoms with Crippen LogP contribution in [0.5, 0.6) is 0 Å². The van der Waals surface area contributed by atoms with Crippen LogP contribution in [0.15, 0.2) is 38.9 Å². The van der Waals surface area contributed by atoms with Gasteiger partial charge in [-0.1, -0.05) is 50.1 Å². The largest absolute Gasteiger partial charge is 0.332 e. The van der Waals surface area contributed by atoms with Crippen molar-refractivity contribution >= 4 is 34.4 Å². The maximum absolute atomic E-state index is 13.0. The first-order valence-electron chi connectivity index (χ1n) is 11.4. The monoisotopic (exact) mass is 467 g/mol. The average Bonchev–Trinajstić information content (AvgIpc) is 2.85. The molecule has 2 heterocycles. The Balaban J connectivity index is 1.66. The molecule has 1 aliphatic rings. The van der Waals surface area contributed by atoms with Gasteiger partial charge in [0.2, 0.25) is 5.91 Å². The molecule has 1 aliphatic carbocycles. The molecule has 0 unspecified atom stereocenters. The summed E-state index contributed by atoms with van der Waals surface area (Å²) in [5, 5.41) is 3.63. The second-order valence-electron chi connectivity index (χ2n) is 8.51. The van der Waals surface area contributed by atoms with Crippen LogP contribution in [0.25, 0.3) is 11.0 Å². The normalized spacial score (nSPS) is 14.5. The molecule has 1 N–H and O–H groups in total. The van der Waals surface area contributed by atoms with Crippen LogP contribution in [-0.2, 0) is 25.3 Å². The maximum Gasteiger partial charge on any atom is 0.332 e. The van der Waals surface area contributed by atoms with Crippen LogP contribution < -0.4 is 16.6 Å². The number of aryl methyl sites for hydroxylation is 2. The molecule has 1 fully saturated rings. The highest BCUT2D eigenvalue weighted by atomic mass is 32.2. The summed E-state index contributed by atoms with van der Waals surface area (Å²) in [5.41, 5.74) is 1.39. The molecule has 33 heavy (non-hydrogen) atoms. The summed E-state index contributed by atoms with van der Waals surface area (Å²) in [6, 6.07) is 7.74. The molecule has 0 saturated heterocycles. The number of nitrogens with one attached hydrogen (secondary N) is 1. The number of aromatic nitrogens is 4. The van der Waals surface area contributed by atoms with Crippen LogP contribution in [-0.4, -0.2) is 30.8 Å². The van der Waals surface area contributed by atoms with Crippen LogP contribution >= 0.6 is 11.8 Å². The number of rotatable bonds is 6. The number of benzene rings is 1. The lowest BCUT2D eigenvalue weighted by Gasteiger charge is -2.21. The lowest BCUT2D eigenvalue weighted by molar-refractivity contribution is -0.113. The molecule has 174 valence electrons. The molecule has 8 nitrogen and oxygen atoms in total. The zero-order valence-electron chi connectivity index (χ0n) is 19.3. The van der Waals surface area contributed by atoms with Crippen molar-refractivity contribution in [3.8, 4) is 0 Å². The number of hydrogen-bond donors (Lipinski definition) is 1. The molecule has 1 saturated carbocycles. The van der Waals surface area contributed by atoms with Gasteiger partial charge in [-0.2, -0.15) is 0 Å². The van der Waals surface area contributed by atoms with E-state index in [1.54, 1.807) is 7.05 Å². The first kappa shape index (κ1) is 23.2. The molecule has 0 radical (unpaired) electrons. The second kappa shape index (κ2) is 9.91. The van der Waals surface area contributed by atoms with Crippen LogP contribution in [0, 0.1) is 0 Å². The summed E-state index contributed by atoms with van der Waals surface area (Å²) in [6.07, 6.45) is 6.34. The average molecular weight is 468 g/mol. The van der Waals surface area contributed by atoms with Crippen molar-refractivity contribution in [1.82, 2.24) is 19.1 Å². The number of anilines is 1. The van der Waals surface area contributed by atoms with Crippen LogP contribution in [0.1, 0.15) is 56.3 Å². The minimum absolute atomic E-state index is 0.0950. The number of nitrogens with zero attached hydrogens (tertiary/aromatic N) is 4. The van der Waals surface area contributed by atoms with E-state index in [0.717, 1.165) is 42.4 Å². The molecule has 0 atom stereocenters. The third-order valence-corrected chi connectivity index (χ3v) is 7.22. The fourth-order valence-electron chi connectivity index (χ4n) is 4.25. The van der Waals surface area contributed by atoms with E-state index >= 15 is 0 Å². The Morgan fingerprint density at radius 2 is 1.76 bits per heavy atom. The first-order valence-corrected chi connectivity index (χ1v) is 12.4. The van der Waals surface area contributed by atoms with Gasteiger partial charge in [-0.05, 0) is 37.0 Å². The van der Waals surface area contributed by atoms with Crippen molar-refractivity contribution in [1.29, 1.82) is 0 Å². The molecule has 4 rings (SSSR count). The lowest BCUT2D eigenvalue weighted by Crippen LogP contribution is -2.38. The van der Waals surface area contributed by atoms with Gasteiger partial charge in [0.1, 0.15) is 16.2 Å². The maximum atomic E-state index is 13.0. The summed E-state index contributed by atoms with van der Waals surface area (Å²) in [4.78, 5) is 47.5. The molecular formula is C24H29N5O3S. The Bertz CT molecular complexity index is 1290. The smallest absolute Gasteiger partial charge is 0.325 e. The van der Waals surface area contributed by atoms with E-state index in [2.05, 4.69) is 17.2 Å². The Morgan fingerprint density at radius 3 is 2.42 bits per heavy atom. The minimum Gasteiger partial charge on any atom is -0.325 e. The van der Waals surface area contributed by atoms with Gasteiger partial charge in [0, 0.05) is 25.7 Å². The van der Waals surface area contributed by atoms with Gasteiger partial charge < -0.3 is 5.32 Å². The van der Waals surface area contributed by atoms with Crippen molar-refractivity contribution < 1.29 is 4.79 Å². The van der Waals surface area contributed by atoms with Crippen molar-refractivity contribution in [2.75, 3.05) is 11.1 Å². The van der Waals surface area contributed by atoms with Gasteiger partial charge in [-0.15, -0.1) is 0 Å². The van der Waals surface area contributed by atoms with Gasteiger partial charge >= 0.3 is 5.69 Å². The highest BCUT2D eigenvalue weighted by molar-refractivity contribution is 8.00. The SMILES string of the molecule is CCc1ccc(NC(=O)CSc2nc(C3CCCCC3)nc3c2c(=O)n(C)c(=O)n3C)cc1. The molecule has 2 aromatic heterocycles. The highest BCUT2D eigenvalue weighted by Gasteiger charge is 2.23. The topological polar surface area (TPSA) is 98.9 Å². The quantitative estimate of drug-likeness (QED) is 0.441. The van der Waals surface area contributed by atoms with E-state index in [9.17, 15) is 14.4 Å². The van der Waals surface area contributed by atoms with Crippen molar-refractivity contribution in [3.63, 3.8) is 0 Å². The Hall–Kier alpha value is -2.94. The van der Waals surface area contributed by atoms with E-state index in [0.29, 0.717) is 16.5 Å². The summed E-state index contributed by atoms with van der Waals surface area (Å²) in [6.45, 7) is 2.08. The number of hydrogen-bond acceptors (Lipinski definition) is 6. The molecule has 9 heteroatoms. The van der Waals surface area contributed by atoms with E-state index in [-0.39, 0.29) is 23.0 Å². The number of carbonyl (C=O) groups is 1. The van der Waals surface area contributed by atoms with E-state index in [4.69, 9.17) is 4.98 Å². The lowest BCUT2D eigenvalue weighted by atomic mass is 9.89. The zero-order valence-corrected chi connectivity index (χ0v) is 20.1. The zero-order chi connectivity index (χ0) is 23.5. The third kappa shape index (κ3) is 4.88. The van der Waals surface area contributed by atoms with Crippen molar-refractivity contribution in [2.24, 2.45) is 14.1 Å². The number of fused-ring (bicyclic) bond motifs is 1. The molecule has 0 spiro atoms. The van der Waals surface area contributed by atoms with E-state index in [1.807, 2.05) is 24.3 Å². The van der Waals surface area contributed by atoms with Crippen molar-refractivity contribution in [2.45, 2.75) is 56.4 Å². The summed E-state index contributed by atoms with van der Waals surface area (Å²) in [7, 11) is 3.06. The molecule has 0 aliphatic heterocycles. The standard InChI is InChI=1S/C24H29N5O3S/c1-4-15-10-12-17(13-11-15)25-18(30)14-33-22-19-21(28(2)24(32)29(3)23(19)31)26-20(27-22)16-8-6-5-7-9-16/h10-13,16H,4-9,14H2,1-3H3,(H,25,30). The Morgan fingerprint density at radius 1 is 1.06 bits per heavy atom. The van der Waals surface area contributed by atoms with E-state index in [1.165, 1.54) is 35.4 Å². The van der Waals surface area contributed by atoms with Gasteiger partial charge in [-0.3, -0.25) is 18.7 Å². The van der Waals surface area contributed by atoms with Crippen LogP contribution in [0.2, 0.25) is 0 Å². The molecular weight excluding hydrogens is 438 g/mol. The Labute approximate surface area is 196 Å². The molecule has 1 amide bonds. The fraction of sp³-hybridized carbons (Fsp3) is 0.458. The van der Waals surface area contributed by atoms with Crippen LogP contribution in [0.4, 0.5) is 5.69 Å². The number of thioether (sulfide) groups is 1. The Kier molecular flexibility index (Phi) is 6.97. The van der Waals surface area contributed by atoms with Crippen LogP contribution in [0.3, 0.4) is 0 Å². The molecule has 0 bridgehead atoms. The third-order valence-electron chi connectivity index (χ3n) is 6.24. The number of amides is 1. The van der Waals surface area contributed by atoms with Gasteiger partial charge in [0.15, 0.2) is 5.65 Å². The predicted octanol–water partition coefficient (Wildman–Crippen LogP) is 3.37. The summed E-state index contributed by atoms with van der Waals surface area (Å²) in [5.74, 6) is 0.769. The van der Waals surface area contributed by atoms with Crippen molar-refractivity contribution in [3.05, 3.63) is 56.5 Å². The summed E-state index contributed by atoms with van der Waals surface area (Å²) >= 11 is 1.21. The molecule has 1 aromatic carbocycles. The number of carbonyl (C=O) groups excluding carboxylic acids is 1.